The van der Waals surface area contributed by atoms with Crippen LogP contribution in [0.3, 0.4) is 0 Å². The summed E-state index contributed by atoms with van der Waals surface area (Å²) in [5.74, 6) is 0.286. The second-order valence-electron chi connectivity index (χ2n) is 7.14. The van der Waals surface area contributed by atoms with Crippen molar-refractivity contribution < 1.29 is 4.79 Å². The maximum Gasteiger partial charge on any atom is 0.328 e. The molecular formula is C22H21N5O3. The number of nitrogens with zero attached hydrogens (tertiary/aromatic N) is 4. The average Bonchev–Trinajstić information content (AvgIpc) is 2.73. The molecule has 0 spiro atoms. The van der Waals surface area contributed by atoms with Crippen molar-refractivity contribution in [1.82, 2.24) is 24.4 Å². The molecule has 4 aromatic rings. The van der Waals surface area contributed by atoms with E-state index in [2.05, 4.69) is 15.0 Å². The average molecular weight is 403 g/mol. The topological polar surface area (TPSA) is 101 Å². The number of amides is 1. The maximum atomic E-state index is 12.9. The minimum absolute atomic E-state index is 0.233. The molecule has 0 bridgehead atoms. The van der Waals surface area contributed by atoms with E-state index in [1.807, 2.05) is 31.2 Å². The summed E-state index contributed by atoms with van der Waals surface area (Å²) < 4.78 is 1.12. The number of carbonyl (C=O) groups is 1. The Balaban J connectivity index is 1.65. The number of hydrogen-bond acceptors (Lipinski definition) is 5. The standard InChI is InChI=1S/C22H21N5O3/c1-4-27-21(29)16-10-9-14(11-18(16)25-22(27)30)20(28)26(3)12-19-23-13(2)15-7-5-6-8-17(15)24-19/h5-11H,4,12H2,1-3H3,(H,25,30). The van der Waals surface area contributed by atoms with Gasteiger partial charge in [-0.05, 0) is 38.1 Å². The van der Waals surface area contributed by atoms with Crippen molar-refractivity contribution in [2.75, 3.05) is 7.05 Å². The zero-order chi connectivity index (χ0) is 21.4. The fourth-order valence-electron chi connectivity index (χ4n) is 3.54. The van der Waals surface area contributed by atoms with Gasteiger partial charge >= 0.3 is 5.69 Å². The molecule has 2 aromatic heterocycles. The highest BCUT2D eigenvalue weighted by Gasteiger charge is 2.16. The number of hydrogen-bond donors (Lipinski definition) is 1. The first-order valence-corrected chi connectivity index (χ1v) is 9.63. The van der Waals surface area contributed by atoms with Crippen LogP contribution in [0.15, 0.2) is 52.1 Å². The Labute approximate surface area is 171 Å². The van der Waals surface area contributed by atoms with Gasteiger partial charge in [-0.25, -0.2) is 14.8 Å². The molecule has 152 valence electrons. The third-order valence-electron chi connectivity index (χ3n) is 5.11. The van der Waals surface area contributed by atoms with Gasteiger partial charge in [-0.15, -0.1) is 0 Å². The molecule has 8 heteroatoms. The van der Waals surface area contributed by atoms with E-state index in [0.717, 1.165) is 21.2 Å². The van der Waals surface area contributed by atoms with Crippen LogP contribution in [0.25, 0.3) is 21.8 Å². The summed E-state index contributed by atoms with van der Waals surface area (Å²) in [6.45, 7) is 4.15. The van der Waals surface area contributed by atoms with E-state index in [1.165, 1.54) is 11.0 Å². The monoisotopic (exact) mass is 403 g/mol. The van der Waals surface area contributed by atoms with Crippen LogP contribution in [0, 0.1) is 6.92 Å². The van der Waals surface area contributed by atoms with Gasteiger partial charge in [-0.1, -0.05) is 18.2 Å². The number of aromatic nitrogens is 4. The van der Waals surface area contributed by atoms with Gasteiger partial charge in [0, 0.05) is 30.2 Å². The quantitative estimate of drug-likeness (QED) is 0.563. The normalized spacial score (nSPS) is 11.2. The third-order valence-corrected chi connectivity index (χ3v) is 5.11. The molecule has 0 unspecified atom stereocenters. The Kier molecular flexibility index (Phi) is 4.91. The molecule has 0 aliphatic heterocycles. The number of rotatable bonds is 4. The number of benzene rings is 2. The second kappa shape index (κ2) is 7.55. The predicted molar refractivity (Wildman–Crippen MR) is 115 cm³/mol. The van der Waals surface area contributed by atoms with Crippen LogP contribution in [0.4, 0.5) is 0 Å². The van der Waals surface area contributed by atoms with Crippen molar-refractivity contribution in [3.05, 3.63) is 80.4 Å². The number of carbonyl (C=O) groups excluding carboxylic acids is 1. The lowest BCUT2D eigenvalue weighted by Crippen LogP contribution is -2.34. The van der Waals surface area contributed by atoms with Gasteiger partial charge in [0.05, 0.1) is 23.0 Å². The Morgan fingerprint density at radius 3 is 2.63 bits per heavy atom. The van der Waals surface area contributed by atoms with Gasteiger partial charge in [0.15, 0.2) is 0 Å². The molecule has 0 aliphatic carbocycles. The van der Waals surface area contributed by atoms with Crippen molar-refractivity contribution in [1.29, 1.82) is 0 Å². The van der Waals surface area contributed by atoms with Gasteiger partial charge in [0.25, 0.3) is 11.5 Å². The first-order valence-electron chi connectivity index (χ1n) is 9.63. The van der Waals surface area contributed by atoms with E-state index in [9.17, 15) is 14.4 Å². The van der Waals surface area contributed by atoms with Crippen molar-refractivity contribution >= 4 is 27.7 Å². The number of H-pyrrole nitrogens is 1. The summed E-state index contributed by atoms with van der Waals surface area (Å²) in [5.41, 5.74) is 1.53. The van der Waals surface area contributed by atoms with E-state index in [-0.39, 0.29) is 24.6 Å². The van der Waals surface area contributed by atoms with E-state index in [4.69, 9.17) is 0 Å². The minimum atomic E-state index is -0.493. The summed E-state index contributed by atoms with van der Waals surface area (Å²) in [4.78, 5) is 50.7. The van der Waals surface area contributed by atoms with Crippen LogP contribution in [0.1, 0.15) is 28.8 Å². The fraction of sp³-hybridized carbons (Fsp3) is 0.227. The fourth-order valence-corrected chi connectivity index (χ4v) is 3.54. The van der Waals surface area contributed by atoms with Crippen molar-refractivity contribution in [3.63, 3.8) is 0 Å². The maximum absolute atomic E-state index is 12.9. The number of aromatic amines is 1. The molecule has 0 radical (unpaired) electrons. The zero-order valence-corrected chi connectivity index (χ0v) is 17.0. The van der Waals surface area contributed by atoms with Crippen molar-refractivity contribution in [2.24, 2.45) is 0 Å². The minimum Gasteiger partial charge on any atom is -0.334 e. The molecule has 0 saturated heterocycles. The lowest BCUT2D eigenvalue weighted by atomic mass is 10.1. The SMILES string of the molecule is CCn1c(=O)[nH]c2cc(C(=O)N(C)Cc3nc(C)c4ccccc4n3)ccc2c1=O. The van der Waals surface area contributed by atoms with E-state index in [0.29, 0.717) is 22.3 Å². The number of aryl methyl sites for hydroxylation is 1. The number of nitrogens with one attached hydrogen (secondary N) is 1. The smallest absolute Gasteiger partial charge is 0.328 e. The molecule has 1 N–H and O–H groups in total. The second-order valence-corrected chi connectivity index (χ2v) is 7.14. The Morgan fingerprint density at radius 1 is 1.10 bits per heavy atom. The summed E-state index contributed by atoms with van der Waals surface area (Å²) in [6, 6.07) is 12.4. The first-order chi connectivity index (χ1) is 14.4. The van der Waals surface area contributed by atoms with Gasteiger partial charge in [-0.3, -0.25) is 14.2 Å². The lowest BCUT2D eigenvalue weighted by Gasteiger charge is -2.17. The van der Waals surface area contributed by atoms with Crippen LogP contribution < -0.4 is 11.2 Å². The summed E-state index contributed by atoms with van der Waals surface area (Å²) in [6.07, 6.45) is 0. The van der Waals surface area contributed by atoms with Crippen molar-refractivity contribution in [3.8, 4) is 0 Å². The summed E-state index contributed by atoms with van der Waals surface area (Å²) in [5, 5.41) is 1.34. The molecule has 0 atom stereocenters. The molecule has 2 aromatic carbocycles. The molecule has 8 nitrogen and oxygen atoms in total. The molecule has 30 heavy (non-hydrogen) atoms. The Hall–Kier alpha value is -3.81. The molecule has 1 amide bonds. The number of para-hydroxylation sites is 1. The Bertz CT molecular complexity index is 1400. The summed E-state index contributed by atoms with van der Waals surface area (Å²) in [7, 11) is 1.66. The van der Waals surface area contributed by atoms with Crippen LogP contribution in [-0.4, -0.2) is 37.4 Å². The van der Waals surface area contributed by atoms with Gasteiger partial charge in [0.2, 0.25) is 0 Å². The van der Waals surface area contributed by atoms with Gasteiger partial charge < -0.3 is 9.88 Å². The highest BCUT2D eigenvalue weighted by atomic mass is 16.2. The van der Waals surface area contributed by atoms with Gasteiger partial charge in [-0.2, -0.15) is 0 Å². The van der Waals surface area contributed by atoms with E-state index in [1.54, 1.807) is 26.1 Å². The molecule has 0 aliphatic rings. The first kappa shape index (κ1) is 19.5. The third kappa shape index (κ3) is 3.36. The molecule has 0 fully saturated rings. The van der Waals surface area contributed by atoms with E-state index >= 15 is 0 Å². The highest BCUT2D eigenvalue weighted by Crippen LogP contribution is 2.16. The van der Waals surface area contributed by atoms with Gasteiger partial charge in [0.1, 0.15) is 5.82 Å². The van der Waals surface area contributed by atoms with Crippen LogP contribution in [0.2, 0.25) is 0 Å². The van der Waals surface area contributed by atoms with E-state index < -0.39 is 5.69 Å². The highest BCUT2D eigenvalue weighted by molar-refractivity contribution is 5.97. The molecule has 2 heterocycles. The van der Waals surface area contributed by atoms with Crippen LogP contribution in [0.5, 0.6) is 0 Å². The van der Waals surface area contributed by atoms with Crippen molar-refractivity contribution in [2.45, 2.75) is 26.9 Å². The lowest BCUT2D eigenvalue weighted by molar-refractivity contribution is 0.0781. The largest absolute Gasteiger partial charge is 0.334 e. The molecule has 4 rings (SSSR count). The predicted octanol–water partition coefficient (Wildman–Crippen LogP) is 2.23. The zero-order valence-electron chi connectivity index (χ0n) is 17.0. The summed E-state index contributed by atoms with van der Waals surface area (Å²) >= 11 is 0. The van der Waals surface area contributed by atoms with Crippen LogP contribution in [-0.2, 0) is 13.1 Å². The molecular weight excluding hydrogens is 382 g/mol. The number of fused-ring (bicyclic) bond motifs is 2. The Morgan fingerprint density at radius 2 is 1.87 bits per heavy atom. The molecule has 0 saturated carbocycles. The van der Waals surface area contributed by atoms with Crippen LogP contribution >= 0.6 is 0 Å².